The molecule has 2 N–H and O–H groups in total. The van der Waals surface area contributed by atoms with E-state index < -0.39 is 0 Å². The summed E-state index contributed by atoms with van der Waals surface area (Å²) in [6.45, 7) is 7.28. The van der Waals surface area contributed by atoms with Crippen LogP contribution in [0.3, 0.4) is 0 Å². The molecule has 16 heavy (non-hydrogen) atoms. The highest BCUT2D eigenvalue weighted by molar-refractivity contribution is 5.82. The van der Waals surface area contributed by atoms with Gasteiger partial charge in [-0.2, -0.15) is 0 Å². The smallest absolute Gasteiger partial charge is 0.228 e. The van der Waals surface area contributed by atoms with Crippen LogP contribution in [0, 0.1) is 11.3 Å². The van der Waals surface area contributed by atoms with Crippen LogP contribution in [0.2, 0.25) is 0 Å². The van der Waals surface area contributed by atoms with E-state index in [-0.39, 0.29) is 23.1 Å². The second-order valence-electron chi connectivity index (χ2n) is 5.21. The van der Waals surface area contributed by atoms with E-state index in [0.29, 0.717) is 25.9 Å². The van der Waals surface area contributed by atoms with Gasteiger partial charge in [-0.1, -0.05) is 20.8 Å². The molecule has 1 rings (SSSR count). The molecule has 0 aromatic carbocycles. The van der Waals surface area contributed by atoms with Crippen molar-refractivity contribution >= 4 is 11.8 Å². The maximum absolute atomic E-state index is 12.1. The molecule has 0 atom stereocenters. The maximum atomic E-state index is 12.1. The SMILES string of the molecule is CCC(C)(C)C(=O)N1CCC(C(N)=O)CC1. The summed E-state index contributed by atoms with van der Waals surface area (Å²) in [5.41, 5.74) is 4.97. The number of nitrogens with zero attached hydrogens (tertiary/aromatic N) is 1. The van der Waals surface area contributed by atoms with Gasteiger partial charge in [0.1, 0.15) is 0 Å². The molecule has 0 aliphatic carbocycles. The van der Waals surface area contributed by atoms with Gasteiger partial charge in [0.25, 0.3) is 0 Å². The Hall–Kier alpha value is -1.06. The summed E-state index contributed by atoms with van der Waals surface area (Å²) < 4.78 is 0. The van der Waals surface area contributed by atoms with Crippen molar-refractivity contribution in [2.24, 2.45) is 17.1 Å². The van der Waals surface area contributed by atoms with Gasteiger partial charge in [-0.3, -0.25) is 9.59 Å². The van der Waals surface area contributed by atoms with Gasteiger partial charge in [-0.05, 0) is 19.3 Å². The van der Waals surface area contributed by atoms with Gasteiger partial charge in [0.05, 0.1) is 0 Å². The first kappa shape index (κ1) is 13.0. The van der Waals surface area contributed by atoms with Crippen LogP contribution in [0.15, 0.2) is 0 Å². The number of carbonyl (C=O) groups is 2. The molecule has 2 amide bonds. The highest BCUT2D eigenvalue weighted by Gasteiger charge is 2.33. The molecule has 0 saturated carbocycles. The number of rotatable bonds is 3. The number of likely N-dealkylation sites (tertiary alicyclic amines) is 1. The third-order valence-corrected chi connectivity index (χ3v) is 3.65. The molecular weight excluding hydrogens is 204 g/mol. The lowest BCUT2D eigenvalue weighted by molar-refractivity contribution is -0.143. The summed E-state index contributed by atoms with van der Waals surface area (Å²) in [5, 5.41) is 0. The van der Waals surface area contributed by atoms with Crippen LogP contribution in [0.1, 0.15) is 40.0 Å². The van der Waals surface area contributed by atoms with Crippen molar-refractivity contribution in [1.82, 2.24) is 4.90 Å². The molecule has 0 aromatic heterocycles. The number of nitrogens with two attached hydrogens (primary N) is 1. The molecule has 1 heterocycles. The average molecular weight is 226 g/mol. The first-order valence-corrected chi connectivity index (χ1v) is 5.97. The van der Waals surface area contributed by atoms with Crippen molar-refractivity contribution in [2.75, 3.05) is 13.1 Å². The number of piperidine rings is 1. The second kappa shape index (κ2) is 4.85. The Morgan fingerprint density at radius 3 is 2.19 bits per heavy atom. The molecule has 0 bridgehead atoms. The van der Waals surface area contributed by atoms with Gasteiger partial charge in [-0.15, -0.1) is 0 Å². The minimum Gasteiger partial charge on any atom is -0.369 e. The first-order valence-electron chi connectivity index (χ1n) is 5.97. The van der Waals surface area contributed by atoms with Gasteiger partial charge in [0.15, 0.2) is 0 Å². The lowest BCUT2D eigenvalue weighted by Crippen LogP contribution is -2.46. The van der Waals surface area contributed by atoms with Crippen LogP contribution in [-0.4, -0.2) is 29.8 Å². The Bertz CT molecular complexity index is 279. The molecule has 0 spiro atoms. The van der Waals surface area contributed by atoms with Crippen molar-refractivity contribution < 1.29 is 9.59 Å². The third kappa shape index (κ3) is 2.74. The van der Waals surface area contributed by atoms with Crippen molar-refractivity contribution in [3.63, 3.8) is 0 Å². The van der Waals surface area contributed by atoms with E-state index in [1.807, 2.05) is 25.7 Å². The summed E-state index contributed by atoms with van der Waals surface area (Å²) >= 11 is 0. The van der Waals surface area contributed by atoms with Crippen LogP contribution >= 0.6 is 0 Å². The van der Waals surface area contributed by atoms with Gasteiger partial charge in [-0.25, -0.2) is 0 Å². The normalized spacial score (nSPS) is 18.6. The molecule has 92 valence electrons. The summed E-state index contributed by atoms with van der Waals surface area (Å²) in [4.78, 5) is 25.0. The molecule has 0 radical (unpaired) electrons. The zero-order valence-electron chi connectivity index (χ0n) is 10.5. The zero-order chi connectivity index (χ0) is 12.3. The van der Waals surface area contributed by atoms with Gasteiger partial charge in [0.2, 0.25) is 11.8 Å². The third-order valence-electron chi connectivity index (χ3n) is 3.65. The molecule has 4 heteroatoms. The Kier molecular flexibility index (Phi) is 3.94. The van der Waals surface area contributed by atoms with Gasteiger partial charge in [0, 0.05) is 24.4 Å². The van der Waals surface area contributed by atoms with E-state index in [1.165, 1.54) is 0 Å². The highest BCUT2D eigenvalue weighted by Crippen LogP contribution is 2.26. The van der Waals surface area contributed by atoms with E-state index in [1.54, 1.807) is 0 Å². The van der Waals surface area contributed by atoms with Crippen molar-refractivity contribution in [1.29, 1.82) is 0 Å². The highest BCUT2D eigenvalue weighted by atomic mass is 16.2. The Labute approximate surface area is 97.2 Å². The van der Waals surface area contributed by atoms with E-state index in [2.05, 4.69) is 0 Å². The van der Waals surface area contributed by atoms with E-state index in [9.17, 15) is 9.59 Å². The lowest BCUT2D eigenvalue weighted by atomic mass is 9.87. The number of carbonyl (C=O) groups excluding carboxylic acids is 2. The van der Waals surface area contributed by atoms with Gasteiger partial charge >= 0.3 is 0 Å². The fourth-order valence-electron chi connectivity index (χ4n) is 1.95. The average Bonchev–Trinajstić information content (AvgIpc) is 2.28. The first-order chi connectivity index (χ1) is 7.38. The molecule has 1 saturated heterocycles. The fraction of sp³-hybridized carbons (Fsp3) is 0.833. The Morgan fingerprint density at radius 1 is 1.31 bits per heavy atom. The quantitative estimate of drug-likeness (QED) is 0.784. The van der Waals surface area contributed by atoms with Crippen LogP contribution in [0.4, 0.5) is 0 Å². The standard InChI is InChI=1S/C12H22N2O2/c1-4-12(2,3)11(16)14-7-5-9(6-8-14)10(13)15/h9H,4-8H2,1-3H3,(H2,13,15). The minimum atomic E-state index is -0.292. The Morgan fingerprint density at radius 2 is 1.81 bits per heavy atom. The van der Waals surface area contributed by atoms with Crippen molar-refractivity contribution in [2.45, 2.75) is 40.0 Å². The summed E-state index contributed by atoms with van der Waals surface area (Å²) in [5.74, 6) is -0.0893. The van der Waals surface area contributed by atoms with Crippen molar-refractivity contribution in [3.8, 4) is 0 Å². The zero-order valence-corrected chi connectivity index (χ0v) is 10.5. The van der Waals surface area contributed by atoms with Gasteiger partial charge < -0.3 is 10.6 Å². The minimum absolute atomic E-state index is 0.0474. The number of hydrogen-bond acceptors (Lipinski definition) is 2. The summed E-state index contributed by atoms with van der Waals surface area (Å²) in [6.07, 6.45) is 2.25. The molecule has 1 fully saturated rings. The van der Waals surface area contributed by atoms with Crippen LogP contribution < -0.4 is 5.73 Å². The maximum Gasteiger partial charge on any atom is 0.228 e. The topological polar surface area (TPSA) is 63.4 Å². The fourth-order valence-corrected chi connectivity index (χ4v) is 1.95. The number of hydrogen-bond donors (Lipinski definition) is 1. The molecule has 1 aliphatic rings. The second-order valence-corrected chi connectivity index (χ2v) is 5.21. The van der Waals surface area contributed by atoms with E-state index in [4.69, 9.17) is 5.73 Å². The lowest BCUT2D eigenvalue weighted by Gasteiger charge is -2.35. The predicted octanol–water partition coefficient (Wildman–Crippen LogP) is 1.15. The summed E-state index contributed by atoms with van der Waals surface area (Å²) in [7, 11) is 0. The molecule has 4 nitrogen and oxygen atoms in total. The van der Waals surface area contributed by atoms with Crippen LogP contribution in [0.25, 0.3) is 0 Å². The number of amides is 2. The molecular formula is C12H22N2O2. The molecule has 1 aliphatic heterocycles. The van der Waals surface area contributed by atoms with Crippen LogP contribution in [0.5, 0.6) is 0 Å². The van der Waals surface area contributed by atoms with E-state index >= 15 is 0 Å². The molecule has 0 unspecified atom stereocenters. The predicted molar refractivity (Wildman–Crippen MR) is 62.6 cm³/mol. The van der Waals surface area contributed by atoms with Crippen molar-refractivity contribution in [3.05, 3.63) is 0 Å². The van der Waals surface area contributed by atoms with E-state index in [0.717, 1.165) is 6.42 Å². The summed E-state index contributed by atoms with van der Waals surface area (Å²) in [6, 6.07) is 0. The monoisotopic (exact) mass is 226 g/mol. The van der Waals surface area contributed by atoms with Crippen LogP contribution in [-0.2, 0) is 9.59 Å². The molecule has 0 aromatic rings. The Balaban J connectivity index is 2.54. The largest absolute Gasteiger partial charge is 0.369 e. The number of primary amides is 1.